The topological polar surface area (TPSA) is 44.8 Å². The Kier molecular flexibility index (Phi) is 6.62. The fourth-order valence-electron chi connectivity index (χ4n) is 3.87. The lowest BCUT2D eigenvalue weighted by molar-refractivity contribution is -0.115. The van der Waals surface area contributed by atoms with E-state index in [9.17, 15) is 4.79 Å². The van der Waals surface area contributed by atoms with Crippen LogP contribution in [0, 0.1) is 0 Å². The standard InChI is InChI=1S/C25H29N3O2/c1-27-13-15-28(16-14-27)17-18-30-24-12-5-4-11-23(24)26-25(29)19-21-9-6-8-20-7-2-3-10-22(20)21/h2-12H,13-19H2,1H3,(H,26,29). The Morgan fingerprint density at radius 2 is 1.67 bits per heavy atom. The van der Waals surface area contributed by atoms with Crippen LogP contribution in [0.1, 0.15) is 5.56 Å². The van der Waals surface area contributed by atoms with Crippen molar-refractivity contribution in [3.8, 4) is 5.75 Å². The number of nitrogens with one attached hydrogen (secondary N) is 1. The molecule has 0 spiro atoms. The van der Waals surface area contributed by atoms with Crippen molar-refractivity contribution in [2.45, 2.75) is 6.42 Å². The number of hydrogen-bond donors (Lipinski definition) is 1. The number of fused-ring (bicyclic) bond motifs is 1. The third kappa shape index (κ3) is 5.17. The first kappa shape index (κ1) is 20.4. The fraction of sp³-hybridized carbons (Fsp3) is 0.320. The SMILES string of the molecule is CN1CCN(CCOc2ccccc2NC(=O)Cc2cccc3ccccc23)CC1. The number of anilines is 1. The van der Waals surface area contributed by atoms with Crippen LogP contribution in [0.5, 0.6) is 5.75 Å². The molecule has 3 aromatic carbocycles. The molecule has 0 bridgehead atoms. The van der Waals surface area contributed by atoms with Gasteiger partial charge in [-0.3, -0.25) is 9.69 Å². The minimum Gasteiger partial charge on any atom is -0.490 e. The van der Waals surface area contributed by atoms with E-state index in [4.69, 9.17) is 4.74 Å². The summed E-state index contributed by atoms with van der Waals surface area (Å²) in [5.74, 6) is 0.680. The summed E-state index contributed by atoms with van der Waals surface area (Å²) in [5, 5.41) is 5.30. The molecule has 0 aromatic heterocycles. The molecule has 156 valence electrons. The summed E-state index contributed by atoms with van der Waals surface area (Å²) in [6, 6.07) is 21.9. The molecule has 0 radical (unpaired) electrons. The van der Waals surface area contributed by atoms with Crippen LogP contribution in [0.3, 0.4) is 0 Å². The first-order chi connectivity index (χ1) is 14.7. The maximum atomic E-state index is 12.8. The molecule has 1 saturated heterocycles. The van der Waals surface area contributed by atoms with Crippen LogP contribution >= 0.6 is 0 Å². The van der Waals surface area contributed by atoms with Gasteiger partial charge in [-0.2, -0.15) is 0 Å². The van der Waals surface area contributed by atoms with Gasteiger partial charge in [-0.25, -0.2) is 0 Å². The van der Waals surface area contributed by atoms with Crippen molar-refractivity contribution in [2.24, 2.45) is 0 Å². The average Bonchev–Trinajstić information content (AvgIpc) is 2.76. The van der Waals surface area contributed by atoms with Gasteiger partial charge in [-0.05, 0) is 35.5 Å². The lowest BCUT2D eigenvalue weighted by atomic mass is 10.0. The molecule has 1 aliphatic rings. The summed E-state index contributed by atoms with van der Waals surface area (Å²) in [5.41, 5.74) is 1.75. The summed E-state index contributed by atoms with van der Waals surface area (Å²) >= 11 is 0. The van der Waals surface area contributed by atoms with Gasteiger partial charge in [-0.1, -0.05) is 54.6 Å². The molecular formula is C25H29N3O2. The van der Waals surface area contributed by atoms with Gasteiger partial charge in [0.15, 0.2) is 0 Å². The fourth-order valence-corrected chi connectivity index (χ4v) is 3.87. The molecule has 5 heteroatoms. The Morgan fingerprint density at radius 3 is 2.53 bits per heavy atom. The lowest BCUT2D eigenvalue weighted by Gasteiger charge is -2.32. The smallest absolute Gasteiger partial charge is 0.228 e. The summed E-state index contributed by atoms with van der Waals surface area (Å²) in [6.07, 6.45) is 0.330. The Hall–Kier alpha value is -2.89. The molecule has 1 N–H and O–H groups in total. The Morgan fingerprint density at radius 1 is 0.933 bits per heavy atom. The van der Waals surface area contributed by atoms with Crippen LogP contribution in [-0.4, -0.2) is 62.1 Å². The highest BCUT2D eigenvalue weighted by molar-refractivity contribution is 5.97. The van der Waals surface area contributed by atoms with Crippen LogP contribution in [0.4, 0.5) is 5.69 Å². The number of likely N-dealkylation sites (N-methyl/N-ethyl adjacent to an activating group) is 1. The molecule has 4 rings (SSSR count). The molecule has 0 atom stereocenters. The van der Waals surface area contributed by atoms with Gasteiger partial charge >= 0.3 is 0 Å². The normalized spacial score (nSPS) is 15.2. The zero-order valence-electron chi connectivity index (χ0n) is 17.5. The number of rotatable bonds is 7. The number of hydrogen-bond acceptors (Lipinski definition) is 4. The summed E-state index contributed by atoms with van der Waals surface area (Å²) in [7, 11) is 2.16. The summed E-state index contributed by atoms with van der Waals surface area (Å²) in [6.45, 7) is 5.85. The number of benzene rings is 3. The average molecular weight is 404 g/mol. The summed E-state index contributed by atoms with van der Waals surface area (Å²) in [4.78, 5) is 17.5. The van der Waals surface area contributed by atoms with E-state index in [0.717, 1.165) is 60.5 Å². The van der Waals surface area contributed by atoms with E-state index in [1.165, 1.54) is 0 Å². The van der Waals surface area contributed by atoms with Crippen molar-refractivity contribution in [3.05, 3.63) is 72.3 Å². The molecule has 30 heavy (non-hydrogen) atoms. The number of carbonyl (C=O) groups is 1. The van der Waals surface area contributed by atoms with Gasteiger partial charge in [0.05, 0.1) is 12.1 Å². The van der Waals surface area contributed by atoms with E-state index in [1.54, 1.807) is 0 Å². The van der Waals surface area contributed by atoms with Gasteiger partial charge in [0.25, 0.3) is 0 Å². The van der Waals surface area contributed by atoms with E-state index in [2.05, 4.69) is 40.4 Å². The van der Waals surface area contributed by atoms with Crippen molar-refractivity contribution in [1.82, 2.24) is 9.80 Å². The number of para-hydroxylation sites is 2. The quantitative estimate of drug-likeness (QED) is 0.654. The van der Waals surface area contributed by atoms with E-state index in [1.807, 2.05) is 48.5 Å². The third-order valence-corrected chi connectivity index (χ3v) is 5.65. The van der Waals surface area contributed by atoms with Gasteiger partial charge in [-0.15, -0.1) is 0 Å². The maximum absolute atomic E-state index is 12.8. The third-order valence-electron chi connectivity index (χ3n) is 5.65. The Balaban J connectivity index is 1.35. The van der Waals surface area contributed by atoms with E-state index < -0.39 is 0 Å². The number of amides is 1. The molecule has 1 fully saturated rings. The van der Waals surface area contributed by atoms with Crippen molar-refractivity contribution in [1.29, 1.82) is 0 Å². The lowest BCUT2D eigenvalue weighted by Crippen LogP contribution is -2.45. The molecule has 1 heterocycles. The minimum atomic E-state index is -0.0403. The first-order valence-electron chi connectivity index (χ1n) is 10.6. The number of ether oxygens (including phenoxy) is 1. The molecule has 3 aromatic rings. The highest BCUT2D eigenvalue weighted by atomic mass is 16.5. The van der Waals surface area contributed by atoms with Crippen molar-refractivity contribution in [3.63, 3.8) is 0 Å². The molecule has 1 aliphatic heterocycles. The van der Waals surface area contributed by atoms with Crippen molar-refractivity contribution >= 4 is 22.4 Å². The van der Waals surface area contributed by atoms with E-state index in [0.29, 0.717) is 13.0 Å². The van der Waals surface area contributed by atoms with Crippen molar-refractivity contribution in [2.75, 3.05) is 51.7 Å². The number of piperazine rings is 1. The van der Waals surface area contributed by atoms with Crippen LogP contribution in [0.25, 0.3) is 10.8 Å². The number of nitrogens with zero attached hydrogens (tertiary/aromatic N) is 2. The second kappa shape index (κ2) is 9.74. The number of carbonyl (C=O) groups excluding carboxylic acids is 1. The van der Waals surface area contributed by atoms with Gasteiger partial charge in [0, 0.05) is 32.7 Å². The highest BCUT2D eigenvalue weighted by Crippen LogP contribution is 2.25. The van der Waals surface area contributed by atoms with Gasteiger partial charge in [0.2, 0.25) is 5.91 Å². The zero-order valence-corrected chi connectivity index (χ0v) is 17.5. The molecule has 0 unspecified atom stereocenters. The van der Waals surface area contributed by atoms with E-state index >= 15 is 0 Å². The van der Waals surface area contributed by atoms with Crippen LogP contribution in [0.15, 0.2) is 66.7 Å². The van der Waals surface area contributed by atoms with Crippen LogP contribution < -0.4 is 10.1 Å². The molecule has 1 amide bonds. The maximum Gasteiger partial charge on any atom is 0.228 e. The second-order valence-corrected chi connectivity index (χ2v) is 7.85. The predicted molar refractivity (Wildman–Crippen MR) is 122 cm³/mol. The predicted octanol–water partition coefficient (Wildman–Crippen LogP) is 3.65. The zero-order chi connectivity index (χ0) is 20.8. The van der Waals surface area contributed by atoms with Crippen LogP contribution in [-0.2, 0) is 11.2 Å². The minimum absolute atomic E-state index is 0.0403. The molecular weight excluding hydrogens is 374 g/mol. The molecule has 5 nitrogen and oxygen atoms in total. The van der Waals surface area contributed by atoms with E-state index in [-0.39, 0.29) is 5.91 Å². The highest BCUT2D eigenvalue weighted by Gasteiger charge is 2.14. The Labute approximate surface area is 178 Å². The van der Waals surface area contributed by atoms with Gasteiger partial charge in [0.1, 0.15) is 12.4 Å². The second-order valence-electron chi connectivity index (χ2n) is 7.85. The monoisotopic (exact) mass is 403 g/mol. The summed E-state index contributed by atoms with van der Waals surface area (Å²) < 4.78 is 6.02. The van der Waals surface area contributed by atoms with Crippen LogP contribution in [0.2, 0.25) is 0 Å². The molecule has 0 saturated carbocycles. The first-order valence-corrected chi connectivity index (χ1v) is 10.6. The van der Waals surface area contributed by atoms with Gasteiger partial charge < -0.3 is 15.0 Å². The Bertz CT molecular complexity index is 991. The molecule has 0 aliphatic carbocycles. The van der Waals surface area contributed by atoms with Crippen molar-refractivity contribution < 1.29 is 9.53 Å². The largest absolute Gasteiger partial charge is 0.490 e.